The van der Waals surface area contributed by atoms with E-state index in [1.807, 2.05) is 0 Å². The Labute approximate surface area is 112 Å². The number of nitro groups is 1. The zero-order valence-electron chi connectivity index (χ0n) is 9.94. The zero-order chi connectivity index (χ0) is 14.0. The van der Waals surface area contributed by atoms with Gasteiger partial charge in [-0.15, -0.1) is 11.8 Å². The van der Waals surface area contributed by atoms with Crippen LogP contribution in [0.25, 0.3) is 0 Å². The molecule has 0 aromatic heterocycles. The summed E-state index contributed by atoms with van der Waals surface area (Å²) in [7, 11) is 0. The highest BCUT2D eigenvalue weighted by Crippen LogP contribution is 2.41. The molecule has 19 heavy (non-hydrogen) atoms. The number of hydrogen-bond acceptors (Lipinski definition) is 3. The third-order valence-corrected chi connectivity index (χ3v) is 4.48. The first kappa shape index (κ1) is 14.2. The Morgan fingerprint density at radius 3 is 2.42 bits per heavy atom. The van der Waals surface area contributed by atoms with E-state index in [9.17, 15) is 23.3 Å². The highest BCUT2D eigenvalue weighted by Gasteiger charge is 2.33. The summed E-state index contributed by atoms with van der Waals surface area (Å²) in [5.41, 5.74) is -1.43. The Morgan fingerprint density at radius 2 is 1.89 bits per heavy atom. The van der Waals surface area contributed by atoms with Crippen molar-refractivity contribution >= 4 is 17.4 Å². The molecule has 104 valence electrons. The van der Waals surface area contributed by atoms with E-state index in [4.69, 9.17) is 0 Å². The monoisotopic (exact) mass is 291 g/mol. The molecule has 1 fully saturated rings. The molecule has 1 aromatic carbocycles. The molecule has 7 heteroatoms. The van der Waals surface area contributed by atoms with Gasteiger partial charge in [0.05, 0.1) is 15.4 Å². The normalized spacial score (nSPS) is 16.8. The Hall–Kier alpha value is -1.24. The fourth-order valence-corrected chi connectivity index (χ4v) is 3.45. The molecule has 3 nitrogen and oxygen atoms in total. The van der Waals surface area contributed by atoms with Gasteiger partial charge in [0.25, 0.3) is 5.69 Å². The van der Waals surface area contributed by atoms with Crippen LogP contribution in [0.15, 0.2) is 23.1 Å². The molecule has 1 aliphatic carbocycles. The van der Waals surface area contributed by atoms with Crippen molar-refractivity contribution in [3.8, 4) is 0 Å². The topological polar surface area (TPSA) is 43.1 Å². The molecule has 0 spiro atoms. The minimum atomic E-state index is -4.55. The van der Waals surface area contributed by atoms with E-state index in [0.29, 0.717) is 11.0 Å². The van der Waals surface area contributed by atoms with Gasteiger partial charge in [-0.2, -0.15) is 13.2 Å². The minimum absolute atomic E-state index is 0.274. The van der Waals surface area contributed by atoms with E-state index < -0.39 is 22.4 Å². The maximum absolute atomic E-state index is 12.5. The van der Waals surface area contributed by atoms with Crippen LogP contribution in [0, 0.1) is 10.1 Å². The lowest BCUT2D eigenvalue weighted by Gasteiger charge is -2.11. The van der Waals surface area contributed by atoms with Crippen LogP contribution in [-0.2, 0) is 6.18 Å². The molecule has 0 atom stereocenters. The van der Waals surface area contributed by atoms with Crippen molar-refractivity contribution in [3.05, 3.63) is 33.9 Å². The summed E-state index contributed by atoms with van der Waals surface area (Å²) < 4.78 is 37.6. The predicted molar refractivity (Wildman–Crippen MR) is 66.2 cm³/mol. The molecule has 0 unspecified atom stereocenters. The molecule has 1 aliphatic rings. The summed E-state index contributed by atoms with van der Waals surface area (Å²) in [6.07, 6.45) is -0.481. The Morgan fingerprint density at radius 1 is 1.26 bits per heavy atom. The van der Waals surface area contributed by atoms with Crippen molar-refractivity contribution in [2.75, 3.05) is 0 Å². The molecule has 0 saturated heterocycles. The van der Waals surface area contributed by atoms with Gasteiger partial charge in [-0.1, -0.05) is 12.8 Å². The van der Waals surface area contributed by atoms with Crippen LogP contribution < -0.4 is 0 Å². The lowest BCUT2D eigenvalue weighted by Crippen LogP contribution is -2.06. The quantitative estimate of drug-likeness (QED) is 0.601. The van der Waals surface area contributed by atoms with Crippen LogP contribution >= 0.6 is 11.8 Å². The summed E-state index contributed by atoms with van der Waals surface area (Å²) in [5.74, 6) is 0. The lowest BCUT2D eigenvalue weighted by molar-refractivity contribution is -0.388. The smallest absolute Gasteiger partial charge is 0.258 e. The van der Waals surface area contributed by atoms with Crippen LogP contribution in [0.4, 0.5) is 18.9 Å². The Bertz CT molecular complexity index is 484. The van der Waals surface area contributed by atoms with E-state index in [1.54, 1.807) is 0 Å². The standard InChI is InChI=1S/C12H12F3NO2S/c13-12(14,15)8-5-6-11(10(7-8)16(17)18)19-9-3-1-2-4-9/h5-7,9H,1-4H2. The molecule has 0 bridgehead atoms. The van der Waals surface area contributed by atoms with E-state index in [1.165, 1.54) is 17.8 Å². The molecule has 0 heterocycles. The number of thioether (sulfide) groups is 1. The van der Waals surface area contributed by atoms with Crippen molar-refractivity contribution in [3.63, 3.8) is 0 Å². The second-order valence-electron chi connectivity index (χ2n) is 4.46. The average molecular weight is 291 g/mol. The fraction of sp³-hybridized carbons (Fsp3) is 0.500. The largest absolute Gasteiger partial charge is 0.416 e. The van der Waals surface area contributed by atoms with Gasteiger partial charge in [0.15, 0.2) is 0 Å². The first-order valence-corrected chi connectivity index (χ1v) is 6.78. The molecule has 0 aliphatic heterocycles. The van der Waals surface area contributed by atoms with Crippen molar-refractivity contribution in [1.82, 2.24) is 0 Å². The average Bonchev–Trinajstić information content (AvgIpc) is 2.80. The van der Waals surface area contributed by atoms with Crippen LogP contribution in [0.2, 0.25) is 0 Å². The molecular formula is C12H12F3NO2S. The third kappa shape index (κ3) is 3.40. The Balaban J connectivity index is 2.29. The molecule has 0 N–H and O–H groups in total. The van der Waals surface area contributed by atoms with Crippen LogP contribution in [0.1, 0.15) is 31.2 Å². The Kier molecular flexibility index (Phi) is 4.03. The highest BCUT2D eigenvalue weighted by atomic mass is 32.2. The van der Waals surface area contributed by atoms with Crippen LogP contribution in [0.5, 0.6) is 0 Å². The van der Waals surface area contributed by atoms with Gasteiger partial charge in [0, 0.05) is 11.3 Å². The first-order valence-electron chi connectivity index (χ1n) is 5.90. The zero-order valence-corrected chi connectivity index (χ0v) is 10.8. The third-order valence-electron chi connectivity index (χ3n) is 3.08. The molecule has 1 saturated carbocycles. The number of rotatable bonds is 3. The van der Waals surface area contributed by atoms with Gasteiger partial charge in [0.1, 0.15) is 0 Å². The van der Waals surface area contributed by atoms with E-state index >= 15 is 0 Å². The maximum Gasteiger partial charge on any atom is 0.416 e. The van der Waals surface area contributed by atoms with Gasteiger partial charge < -0.3 is 0 Å². The van der Waals surface area contributed by atoms with E-state index in [2.05, 4.69) is 0 Å². The van der Waals surface area contributed by atoms with E-state index in [0.717, 1.165) is 31.7 Å². The van der Waals surface area contributed by atoms with Crippen LogP contribution in [0.3, 0.4) is 0 Å². The number of alkyl halides is 3. The number of benzene rings is 1. The second-order valence-corrected chi connectivity index (χ2v) is 5.80. The SMILES string of the molecule is O=[N+]([O-])c1cc(C(F)(F)F)ccc1SC1CCCC1. The van der Waals surface area contributed by atoms with Crippen molar-refractivity contribution in [2.45, 2.75) is 42.0 Å². The van der Waals surface area contributed by atoms with E-state index in [-0.39, 0.29) is 5.25 Å². The van der Waals surface area contributed by atoms with Gasteiger partial charge in [-0.25, -0.2) is 0 Å². The van der Waals surface area contributed by atoms with Gasteiger partial charge in [0.2, 0.25) is 0 Å². The maximum atomic E-state index is 12.5. The summed E-state index contributed by atoms with van der Waals surface area (Å²) in [6, 6.07) is 2.74. The molecule has 0 amide bonds. The first-order chi connectivity index (χ1) is 8.88. The number of halogens is 3. The lowest BCUT2D eigenvalue weighted by atomic mass is 10.2. The minimum Gasteiger partial charge on any atom is -0.258 e. The predicted octanol–water partition coefficient (Wildman–Crippen LogP) is 4.65. The molecule has 0 radical (unpaired) electrons. The summed E-state index contributed by atoms with van der Waals surface area (Å²) in [6.45, 7) is 0. The summed E-state index contributed by atoms with van der Waals surface area (Å²) in [4.78, 5) is 10.5. The van der Waals surface area contributed by atoms with Gasteiger partial charge >= 0.3 is 6.18 Å². The second kappa shape index (κ2) is 5.40. The van der Waals surface area contributed by atoms with Crippen molar-refractivity contribution < 1.29 is 18.1 Å². The molecular weight excluding hydrogens is 279 g/mol. The molecule has 2 rings (SSSR count). The van der Waals surface area contributed by atoms with Crippen molar-refractivity contribution in [1.29, 1.82) is 0 Å². The van der Waals surface area contributed by atoms with Gasteiger partial charge in [-0.3, -0.25) is 10.1 Å². The highest BCUT2D eigenvalue weighted by molar-refractivity contribution is 8.00. The van der Waals surface area contributed by atoms with Crippen molar-refractivity contribution in [2.24, 2.45) is 0 Å². The van der Waals surface area contributed by atoms with Gasteiger partial charge in [-0.05, 0) is 25.0 Å². The fourth-order valence-electron chi connectivity index (χ4n) is 2.12. The number of nitrogens with zero attached hydrogens (tertiary/aromatic N) is 1. The van der Waals surface area contributed by atoms with Crippen LogP contribution in [-0.4, -0.2) is 10.2 Å². The molecule has 1 aromatic rings. The summed E-state index contributed by atoms with van der Waals surface area (Å²) >= 11 is 1.32. The number of hydrogen-bond donors (Lipinski definition) is 0. The summed E-state index contributed by atoms with van der Waals surface area (Å²) in [5, 5.41) is 11.2. The number of nitro benzene ring substituents is 1.